The Bertz CT molecular complexity index is 783. The molecule has 1 saturated heterocycles. The summed E-state index contributed by atoms with van der Waals surface area (Å²) in [6, 6.07) is 10.2. The van der Waals surface area contributed by atoms with E-state index < -0.39 is 11.7 Å². The van der Waals surface area contributed by atoms with E-state index in [9.17, 15) is 13.2 Å². The first-order chi connectivity index (χ1) is 12.3. The van der Waals surface area contributed by atoms with Gasteiger partial charge in [0.2, 0.25) is 0 Å². The third kappa shape index (κ3) is 4.05. The van der Waals surface area contributed by atoms with E-state index in [1.807, 2.05) is 26.0 Å². The van der Waals surface area contributed by atoms with Crippen LogP contribution in [0.25, 0.3) is 0 Å². The Morgan fingerprint density at radius 1 is 1.04 bits per heavy atom. The Morgan fingerprint density at radius 3 is 2.35 bits per heavy atom. The summed E-state index contributed by atoms with van der Waals surface area (Å²) in [6.45, 7) is 7.23. The number of nitrogens with one attached hydrogen (secondary N) is 1. The third-order valence-corrected chi connectivity index (χ3v) is 5.18. The molecule has 2 aromatic carbocycles. The van der Waals surface area contributed by atoms with Crippen LogP contribution in [0.3, 0.4) is 0 Å². The summed E-state index contributed by atoms with van der Waals surface area (Å²) in [5.41, 5.74) is 3.10. The lowest BCUT2D eigenvalue weighted by Crippen LogP contribution is -2.45. The second-order valence-corrected chi connectivity index (χ2v) is 7.19. The molecule has 1 heterocycles. The number of piperazine rings is 1. The molecule has 1 aliphatic heterocycles. The van der Waals surface area contributed by atoms with E-state index in [1.54, 1.807) is 6.07 Å². The van der Waals surface area contributed by atoms with Crippen molar-refractivity contribution in [1.82, 2.24) is 10.2 Å². The topological polar surface area (TPSA) is 15.3 Å². The third-order valence-electron chi connectivity index (χ3n) is 4.85. The largest absolute Gasteiger partial charge is 0.417 e. The highest BCUT2D eigenvalue weighted by Crippen LogP contribution is 2.39. The number of aryl methyl sites for hydroxylation is 2. The maximum absolute atomic E-state index is 13.4. The summed E-state index contributed by atoms with van der Waals surface area (Å²) < 4.78 is 40.1. The van der Waals surface area contributed by atoms with Crippen LogP contribution in [0.15, 0.2) is 36.4 Å². The lowest BCUT2D eigenvalue weighted by molar-refractivity contribution is -0.137. The van der Waals surface area contributed by atoms with E-state index in [4.69, 9.17) is 11.6 Å². The minimum absolute atomic E-state index is 0.226. The van der Waals surface area contributed by atoms with Crippen molar-refractivity contribution >= 4 is 11.6 Å². The second kappa shape index (κ2) is 7.59. The molecule has 0 saturated carbocycles. The van der Waals surface area contributed by atoms with Gasteiger partial charge in [0.05, 0.1) is 16.6 Å². The zero-order valence-corrected chi connectivity index (χ0v) is 15.6. The molecule has 0 amide bonds. The molecule has 6 heteroatoms. The fourth-order valence-corrected chi connectivity index (χ4v) is 3.81. The highest BCUT2D eigenvalue weighted by atomic mass is 35.5. The van der Waals surface area contributed by atoms with Gasteiger partial charge in [-0.05, 0) is 42.7 Å². The Balaban J connectivity index is 2.12. The lowest BCUT2D eigenvalue weighted by atomic mass is 9.91. The molecule has 0 radical (unpaired) electrons. The average Bonchev–Trinajstić information content (AvgIpc) is 2.58. The van der Waals surface area contributed by atoms with E-state index in [1.165, 1.54) is 12.1 Å². The highest BCUT2D eigenvalue weighted by molar-refractivity contribution is 6.31. The van der Waals surface area contributed by atoms with Crippen LogP contribution < -0.4 is 5.32 Å². The smallest absolute Gasteiger partial charge is 0.314 e. The second-order valence-electron chi connectivity index (χ2n) is 6.79. The van der Waals surface area contributed by atoms with Crippen LogP contribution in [0, 0.1) is 13.8 Å². The molecule has 2 nitrogen and oxygen atoms in total. The summed E-state index contributed by atoms with van der Waals surface area (Å²) in [4.78, 5) is 2.23. The molecule has 0 aliphatic carbocycles. The van der Waals surface area contributed by atoms with Gasteiger partial charge in [-0.15, -0.1) is 0 Å². The van der Waals surface area contributed by atoms with Crippen molar-refractivity contribution in [3.05, 3.63) is 69.2 Å². The molecule has 1 atom stereocenters. The number of halogens is 4. The van der Waals surface area contributed by atoms with Crippen molar-refractivity contribution in [2.75, 3.05) is 26.2 Å². The molecule has 3 rings (SSSR count). The minimum atomic E-state index is -4.47. The number of benzene rings is 2. The van der Waals surface area contributed by atoms with Crippen molar-refractivity contribution in [3.8, 4) is 0 Å². The van der Waals surface area contributed by atoms with Crippen LogP contribution in [-0.2, 0) is 6.18 Å². The summed E-state index contributed by atoms with van der Waals surface area (Å²) in [6.07, 6.45) is -4.47. The van der Waals surface area contributed by atoms with E-state index in [-0.39, 0.29) is 11.1 Å². The van der Waals surface area contributed by atoms with Gasteiger partial charge in [0.1, 0.15) is 0 Å². The molecule has 0 aromatic heterocycles. The molecular formula is C20H22ClF3N2. The van der Waals surface area contributed by atoms with Gasteiger partial charge in [-0.1, -0.05) is 41.4 Å². The maximum atomic E-state index is 13.4. The van der Waals surface area contributed by atoms with Crippen LogP contribution in [0.2, 0.25) is 5.02 Å². The Hall–Kier alpha value is -1.56. The summed E-state index contributed by atoms with van der Waals surface area (Å²) >= 11 is 5.83. The van der Waals surface area contributed by atoms with Crippen LogP contribution in [0.4, 0.5) is 13.2 Å². The Kier molecular flexibility index (Phi) is 5.61. The number of hydrogen-bond donors (Lipinski definition) is 1. The van der Waals surface area contributed by atoms with Crippen LogP contribution in [0.1, 0.15) is 33.9 Å². The number of alkyl halides is 3. The molecular weight excluding hydrogens is 361 g/mol. The average molecular weight is 383 g/mol. The molecule has 0 spiro atoms. The van der Waals surface area contributed by atoms with E-state index >= 15 is 0 Å². The fraction of sp³-hybridized carbons (Fsp3) is 0.400. The van der Waals surface area contributed by atoms with E-state index in [2.05, 4.69) is 16.3 Å². The van der Waals surface area contributed by atoms with Crippen molar-refractivity contribution in [3.63, 3.8) is 0 Å². The molecule has 1 fully saturated rings. The molecule has 2 aromatic rings. The van der Waals surface area contributed by atoms with Gasteiger partial charge in [0.15, 0.2) is 0 Å². The van der Waals surface area contributed by atoms with Crippen LogP contribution in [0.5, 0.6) is 0 Å². The SMILES string of the molecule is Cc1ccc(C(c2ccc(Cl)c(C(F)(F)F)c2)N2CCNCC2)c(C)c1. The van der Waals surface area contributed by atoms with Gasteiger partial charge in [-0.25, -0.2) is 0 Å². The standard InChI is InChI=1S/C20H22ClF3N2/c1-13-3-5-16(14(2)11-13)19(26-9-7-25-8-10-26)15-4-6-18(21)17(12-15)20(22,23)24/h3-6,11-12,19,25H,7-10H2,1-2H3. The van der Waals surface area contributed by atoms with Gasteiger partial charge in [-0.3, -0.25) is 4.90 Å². The predicted octanol–water partition coefficient (Wildman–Crippen LogP) is 4.97. The Labute approximate surface area is 157 Å². The molecule has 140 valence electrons. The zero-order valence-electron chi connectivity index (χ0n) is 14.8. The normalized spacial score (nSPS) is 17.3. The van der Waals surface area contributed by atoms with Crippen LogP contribution >= 0.6 is 11.6 Å². The first-order valence-electron chi connectivity index (χ1n) is 8.66. The van der Waals surface area contributed by atoms with E-state index in [0.717, 1.165) is 42.9 Å². The van der Waals surface area contributed by atoms with Crippen molar-refractivity contribution in [1.29, 1.82) is 0 Å². The quantitative estimate of drug-likeness (QED) is 0.806. The molecule has 0 bridgehead atoms. The summed E-state index contributed by atoms with van der Waals surface area (Å²) in [7, 11) is 0. The monoisotopic (exact) mass is 382 g/mol. The zero-order chi connectivity index (χ0) is 18.9. The van der Waals surface area contributed by atoms with Crippen LogP contribution in [-0.4, -0.2) is 31.1 Å². The van der Waals surface area contributed by atoms with Gasteiger partial charge < -0.3 is 5.32 Å². The summed E-state index contributed by atoms with van der Waals surface area (Å²) in [5.74, 6) is 0. The first-order valence-corrected chi connectivity index (χ1v) is 9.04. The minimum Gasteiger partial charge on any atom is -0.314 e. The van der Waals surface area contributed by atoms with Gasteiger partial charge >= 0.3 is 6.18 Å². The molecule has 1 N–H and O–H groups in total. The summed E-state index contributed by atoms with van der Waals surface area (Å²) in [5, 5.41) is 3.04. The first kappa shape index (κ1) is 19.2. The van der Waals surface area contributed by atoms with E-state index in [0.29, 0.717) is 5.56 Å². The number of nitrogens with zero attached hydrogens (tertiary/aromatic N) is 1. The number of hydrogen-bond acceptors (Lipinski definition) is 2. The van der Waals surface area contributed by atoms with Gasteiger partial charge in [0.25, 0.3) is 0 Å². The van der Waals surface area contributed by atoms with Gasteiger partial charge in [-0.2, -0.15) is 13.2 Å². The fourth-order valence-electron chi connectivity index (χ4n) is 3.59. The molecule has 26 heavy (non-hydrogen) atoms. The van der Waals surface area contributed by atoms with Gasteiger partial charge in [0, 0.05) is 26.2 Å². The lowest BCUT2D eigenvalue weighted by Gasteiger charge is -2.36. The maximum Gasteiger partial charge on any atom is 0.417 e. The highest BCUT2D eigenvalue weighted by Gasteiger charge is 2.35. The molecule has 1 unspecified atom stereocenters. The van der Waals surface area contributed by atoms with Crippen molar-refractivity contribution in [2.24, 2.45) is 0 Å². The number of rotatable bonds is 3. The molecule has 1 aliphatic rings. The Morgan fingerprint density at radius 2 is 1.73 bits per heavy atom. The van der Waals surface area contributed by atoms with Crippen molar-refractivity contribution in [2.45, 2.75) is 26.1 Å². The predicted molar refractivity (Wildman–Crippen MR) is 98.7 cm³/mol. The van der Waals surface area contributed by atoms with Crippen molar-refractivity contribution < 1.29 is 13.2 Å².